The van der Waals surface area contributed by atoms with E-state index in [1.54, 1.807) is 6.08 Å². The Labute approximate surface area is 100.0 Å². The number of aliphatic carboxylic acids is 1. The highest BCUT2D eigenvalue weighted by atomic mass is 16.4. The summed E-state index contributed by atoms with van der Waals surface area (Å²) in [6, 6.07) is 7.54. The molecule has 0 aliphatic carbocycles. The molecule has 1 rings (SSSR count). The smallest absolute Gasteiger partial charge is 0.328 e. The molecule has 0 saturated heterocycles. The maximum Gasteiger partial charge on any atom is 0.328 e. The molecular formula is C13H15NO3. The third-order valence-electron chi connectivity index (χ3n) is 2.19. The number of carboxylic acids is 1. The van der Waals surface area contributed by atoms with E-state index in [0.29, 0.717) is 6.54 Å². The second kappa shape index (κ2) is 6.48. The lowest BCUT2D eigenvalue weighted by molar-refractivity contribution is -0.131. The maximum absolute atomic E-state index is 10.7. The molecule has 90 valence electrons. The Bertz CT molecular complexity index is 421. The van der Waals surface area contributed by atoms with Gasteiger partial charge in [-0.1, -0.05) is 24.3 Å². The number of amides is 1. The lowest BCUT2D eigenvalue weighted by atomic mass is 10.1. The zero-order valence-corrected chi connectivity index (χ0v) is 9.64. The fourth-order valence-corrected chi connectivity index (χ4v) is 1.35. The Balaban J connectivity index is 2.50. The summed E-state index contributed by atoms with van der Waals surface area (Å²) in [6.45, 7) is 2.10. The lowest BCUT2D eigenvalue weighted by Crippen LogP contribution is -2.22. The first-order valence-electron chi connectivity index (χ1n) is 5.32. The molecule has 0 bridgehead atoms. The topological polar surface area (TPSA) is 66.4 Å². The molecule has 0 fully saturated rings. The van der Waals surface area contributed by atoms with Crippen LogP contribution in [0.4, 0.5) is 0 Å². The number of hydrogen-bond donors (Lipinski definition) is 2. The highest BCUT2D eigenvalue weighted by molar-refractivity contribution is 5.85. The molecule has 1 aromatic carbocycles. The van der Waals surface area contributed by atoms with E-state index in [9.17, 15) is 9.59 Å². The molecule has 1 aromatic rings. The molecule has 0 radical (unpaired) electrons. The van der Waals surface area contributed by atoms with Crippen LogP contribution >= 0.6 is 0 Å². The van der Waals surface area contributed by atoms with Gasteiger partial charge in [-0.25, -0.2) is 4.79 Å². The molecule has 0 heterocycles. The Morgan fingerprint density at radius 2 is 1.94 bits per heavy atom. The Hall–Kier alpha value is -2.10. The van der Waals surface area contributed by atoms with E-state index in [1.165, 1.54) is 6.92 Å². The van der Waals surface area contributed by atoms with Gasteiger partial charge in [0.05, 0.1) is 0 Å². The molecule has 4 heteroatoms. The molecule has 0 atom stereocenters. The second-order valence-corrected chi connectivity index (χ2v) is 3.65. The van der Waals surface area contributed by atoms with Gasteiger partial charge in [-0.2, -0.15) is 0 Å². The highest BCUT2D eigenvalue weighted by Gasteiger charge is 1.95. The summed E-state index contributed by atoms with van der Waals surface area (Å²) >= 11 is 0. The third-order valence-corrected chi connectivity index (χ3v) is 2.19. The molecule has 0 aromatic heterocycles. The predicted molar refractivity (Wildman–Crippen MR) is 65.5 cm³/mol. The lowest BCUT2D eigenvalue weighted by Gasteiger charge is -2.02. The minimum Gasteiger partial charge on any atom is -0.478 e. The SMILES string of the molecule is CC(=O)NCCc1ccc(C=CC(=O)O)cc1. The monoisotopic (exact) mass is 233 g/mol. The summed E-state index contributed by atoms with van der Waals surface area (Å²) < 4.78 is 0. The Morgan fingerprint density at radius 1 is 1.29 bits per heavy atom. The van der Waals surface area contributed by atoms with Crippen molar-refractivity contribution in [1.29, 1.82) is 0 Å². The Kier molecular flexibility index (Phi) is 4.94. The summed E-state index contributed by atoms with van der Waals surface area (Å²) in [5.41, 5.74) is 1.95. The molecule has 4 nitrogen and oxygen atoms in total. The van der Waals surface area contributed by atoms with Gasteiger partial charge in [0.25, 0.3) is 0 Å². The van der Waals surface area contributed by atoms with Crippen LogP contribution in [0, 0.1) is 0 Å². The van der Waals surface area contributed by atoms with Crippen molar-refractivity contribution in [1.82, 2.24) is 5.32 Å². The van der Waals surface area contributed by atoms with Crippen LogP contribution in [0.5, 0.6) is 0 Å². The standard InChI is InChI=1S/C13H15NO3/c1-10(15)14-9-8-12-4-2-11(3-5-12)6-7-13(16)17/h2-7H,8-9H2,1H3,(H,14,15)(H,16,17). The molecule has 0 saturated carbocycles. The van der Waals surface area contributed by atoms with Crippen molar-refractivity contribution in [3.05, 3.63) is 41.5 Å². The number of carbonyl (C=O) groups excluding carboxylic acids is 1. The van der Waals surface area contributed by atoms with E-state index in [-0.39, 0.29) is 5.91 Å². The van der Waals surface area contributed by atoms with Crippen molar-refractivity contribution in [3.63, 3.8) is 0 Å². The summed E-state index contributed by atoms with van der Waals surface area (Å²) in [4.78, 5) is 21.0. The Morgan fingerprint density at radius 3 is 2.47 bits per heavy atom. The van der Waals surface area contributed by atoms with Gasteiger partial charge in [-0.05, 0) is 23.6 Å². The first-order chi connectivity index (χ1) is 8.08. The number of carbonyl (C=O) groups is 2. The van der Waals surface area contributed by atoms with E-state index in [4.69, 9.17) is 5.11 Å². The average molecular weight is 233 g/mol. The van der Waals surface area contributed by atoms with E-state index >= 15 is 0 Å². The number of benzene rings is 1. The van der Waals surface area contributed by atoms with Crippen molar-refractivity contribution in [3.8, 4) is 0 Å². The van der Waals surface area contributed by atoms with Gasteiger partial charge in [-0.3, -0.25) is 4.79 Å². The van der Waals surface area contributed by atoms with Gasteiger partial charge >= 0.3 is 5.97 Å². The molecule has 0 aliphatic heterocycles. The first kappa shape index (κ1) is 13.0. The largest absolute Gasteiger partial charge is 0.478 e. The number of rotatable bonds is 5. The van der Waals surface area contributed by atoms with Crippen molar-refractivity contribution in [2.45, 2.75) is 13.3 Å². The molecule has 2 N–H and O–H groups in total. The van der Waals surface area contributed by atoms with Gasteiger partial charge < -0.3 is 10.4 Å². The van der Waals surface area contributed by atoms with Crippen LogP contribution in [0.3, 0.4) is 0 Å². The van der Waals surface area contributed by atoms with Crippen molar-refractivity contribution < 1.29 is 14.7 Å². The van der Waals surface area contributed by atoms with Crippen LogP contribution in [0.15, 0.2) is 30.3 Å². The average Bonchev–Trinajstić information content (AvgIpc) is 2.27. The summed E-state index contributed by atoms with van der Waals surface area (Å²) in [5.74, 6) is -0.995. The second-order valence-electron chi connectivity index (χ2n) is 3.65. The van der Waals surface area contributed by atoms with Crippen LogP contribution in [-0.2, 0) is 16.0 Å². The van der Waals surface area contributed by atoms with Gasteiger partial charge in [0.2, 0.25) is 5.91 Å². The van der Waals surface area contributed by atoms with E-state index in [0.717, 1.165) is 23.6 Å². The van der Waals surface area contributed by atoms with E-state index < -0.39 is 5.97 Å². The normalized spacial score (nSPS) is 10.4. The van der Waals surface area contributed by atoms with Gasteiger partial charge in [0.1, 0.15) is 0 Å². The fraction of sp³-hybridized carbons (Fsp3) is 0.231. The molecule has 1 amide bonds. The molecule has 0 aliphatic rings. The minimum atomic E-state index is -0.959. The van der Waals surface area contributed by atoms with Crippen LogP contribution < -0.4 is 5.32 Å². The van der Waals surface area contributed by atoms with E-state index in [2.05, 4.69) is 5.32 Å². The van der Waals surface area contributed by atoms with Crippen LogP contribution in [0.2, 0.25) is 0 Å². The number of hydrogen-bond acceptors (Lipinski definition) is 2. The third kappa shape index (κ3) is 5.51. The van der Waals surface area contributed by atoms with Gasteiger partial charge in [0.15, 0.2) is 0 Å². The molecule has 17 heavy (non-hydrogen) atoms. The zero-order chi connectivity index (χ0) is 12.7. The molecular weight excluding hydrogens is 218 g/mol. The molecule has 0 spiro atoms. The quantitative estimate of drug-likeness (QED) is 0.757. The maximum atomic E-state index is 10.7. The highest BCUT2D eigenvalue weighted by Crippen LogP contribution is 2.06. The molecule has 0 unspecified atom stereocenters. The van der Waals surface area contributed by atoms with Crippen LogP contribution in [0.1, 0.15) is 18.1 Å². The zero-order valence-electron chi connectivity index (χ0n) is 9.64. The van der Waals surface area contributed by atoms with Crippen LogP contribution in [0.25, 0.3) is 6.08 Å². The number of nitrogens with one attached hydrogen (secondary N) is 1. The van der Waals surface area contributed by atoms with E-state index in [1.807, 2.05) is 24.3 Å². The predicted octanol–water partition coefficient (Wildman–Crippen LogP) is 1.46. The van der Waals surface area contributed by atoms with Crippen LogP contribution in [-0.4, -0.2) is 23.5 Å². The van der Waals surface area contributed by atoms with Crippen molar-refractivity contribution >= 4 is 18.0 Å². The summed E-state index contributed by atoms with van der Waals surface area (Å²) in [7, 11) is 0. The summed E-state index contributed by atoms with van der Waals surface area (Å²) in [5, 5.41) is 11.2. The minimum absolute atomic E-state index is 0.0361. The van der Waals surface area contributed by atoms with Gasteiger partial charge in [-0.15, -0.1) is 0 Å². The van der Waals surface area contributed by atoms with Crippen molar-refractivity contribution in [2.24, 2.45) is 0 Å². The van der Waals surface area contributed by atoms with Gasteiger partial charge in [0, 0.05) is 19.5 Å². The number of carboxylic acid groups (broad SMARTS) is 1. The fourth-order valence-electron chi connectivity index (χ4n) is 1.35. The summed E-state index contributed by atoms with van der Waals surface area (Å²) in [6.07, 6.45) is 3.41. The first-order valence-corrected chi connectivity index (χ1v) is 5.32. The van der Waals surface area contributed by atoms with Crippen molar-refractivity contribution in [2.75, 3.05) is 6.54 Å².